The number of hydrogen-bond donors (Lipinski definition) is 1. The second kappa shape index (κ2) is 13.2. The molecule has 2 aliphatic rings. The van der Waals surface area contributed by atoms with Crippen LogP contribution in [0.15, 0.2) is 0 Å². The van der Waals surface area contributed by atoms with Crippen LogP contribution in [0.5, 0.6) is 0 Å². The first-order chi connectivity index (χ1) is 16.3. The van der Waals surface area contributed by atoms with Crippen LogP contribution < -0.4 is 5.11 Å². The maximum atomic E-state index is 12.8. The number of aliphatic carboxylic acids is 1. The Hall–Kier alpha value is -1.18. The van der Waals surface area contributed by atoms with Gasteiger partial charge in [0.15, 0.2) is 0 Å². The van der Waals surface area contributed by atoms with E-state index in [1.807, 2.05) is 0 Å². The molecule has 7 heteroatoms. The van der Waals surface area contributed by atoms with Crippen molar-refractivity contribution in [3.8, 4) is 0 Å². The lowest BCUT2D eigenvalue weighted by Crippen LogP contribution is -2.48. The zero-order chi connectivity index (χ0) is 25.2. The molecular weight excluding hydrogens is 436 g/mol. The van der Waals surface area contributed by atoms with E-state index in [9.17, 15) is 14.7 Å². The minimum absolute atomic E-state index is 0.0919. The van der Waals surface area contributed by atoms with Crippen LogP contribution in [-0.4, -0.2) is 53.7 Å². The lowest BCUT2D eigenvalue weighted by Gasteiger charge is -2.39. The van der Waals surface area contributed by atoms with Crippen molar-refractivity contribution in [3.05, 3.63) is 0 Å². The summed E-state index contributed by atoms with van der Waals surface area (Å²) < 4.78 is 17.5. The van der Waals surface area contributed by atoms with Gasteiger partial charge in [0, 0.05) is 24.4 Å². The van der Waals surface area contributed by atoms with E-state index in [4.69, 9.17) is 19.3 Å². The number of carbonyl (C=O) groups excluding carboxylic acids is 2. The zero-order valence-corrected chi connectivity index (χ0v) is 21.9. The molecule has 2 aliphatic heterocycles. The largest absolute Gasteiger partial charge is 0.550 e. The Morgan fingerprint density at radius 2 is 1.47 bits per heavy atom. The number of unbranched alkanes of at least 4 members (excludes halogenated alkanes) is 2. The highest BCUT2D eigenvalue weighted by Gasteiger charge is 2.62. The standard InChI is InChI=1S/C27H48O7/c1-5-13-21-26(7-3,33-21)19-25(24(30)31,20-27(8-4)22(34-27)14-6-2)16-12-15-23(29)32-18-11-9-10-17-28/h21-22,28H,5-20H2,1-4H3,(H,30,31)/p-1. The Kier molecular flexibility index (Phi) is 11.3. The Morgan fingerprint density at radius 3 is 1.91 bits per heavy atom. The number of esters is 1. The zero-order valence-electron chi connectivity index (χ0n) is 21.9. The summed E-state index contributed by atoms with van der Waals surface area (Å²) in [6.07, 6.45) is 9.57. The number of aliphatic hydroxyl groups is 1. The van der Waals surface area contributed by atoms with E-state index in [1.165, 1.54) is 0 Å². The highest BCUT2D eigenvalue weighted by atomic mass is 16.6. The molecular formula is C27H47O7-. The highest BCUT2D eigenvalue weighted by Crippen LogP contribution is 2.57. The highest BCUT2D eigenvalue weighted by molar-refractivity contribution is 5.73. The molecule has 0 spiro atoms. The van der Waals surface area contributed by atoms with E-state index in [-0.39, 0.29) is 31.2 Å². The molecule has 34 heavy (non-hydrogen) atoms. The number of ether oxygens (including phenoxy) is 3. The number of carbonyl (C=O) groups is 2. The third-order valence-corrected chi connectivity index (χ3v) is 7.92. The molecule has 0 bridgehead atoms. The van der Waals surface area contributed by atoms with Crippen LogP contribution in [0.4, 0.5) is 0 Å². The lowest BCUT2D eigenvalue weighted by atomic mass is 9.67. The van der Waals surface area contributed by atoms with Crippen LogP contribution in [0, 0.1) is 5.41 Å². The smallest absolute Gasteiger partial charge is 0.305 e. The van der Waals surface area contributed by atoms with Crippen molar-refractivity contribution in [1.29, 1.82) is 0 Å². The number of carboxylic acids is 1. The Bertz CT molecular complexity index is 621. The third kappa shape index (κ3) is 7.41. The molecule has 2 rings (SSSR count). The predicted molar refractivity (Wildman–Crippen MR) is 128 cm³/mol. The second-order valence-electron chi connectivity index (χ2n) is 10.4. The summed E-state index contributed by atoms with van der Waals surface area (Å²) in [5.74, 6) is -1.35. The van der Waals surface area contributed by atoms with Crippen molar-refractivity contribution in [3.63, 3.8) is 0 Å². The summed E-state index contributed by atoms with van der Waals surface area (Å²) in [7, 11) is 0. The van der Waals surface area contributed by atoms with Gasteiger partial charge in [-0.05, 0) is 70.6 Å². The molecule has 0 saturated carbocycles. The van der Waals surface area contributed by atoms with E-state index < -0.39 is 22.6 Å². The third-order valence-electron chi connectivity index (χ3n) is 7.92. The van der Waals surface area contributed by atoms with Crippen LogP contribution in [0.25, 0.3) is 0 Å². The van der Waals surface area contributed by atoms with Crippen LogP contribution >= 0.6 is 0 Å². The average molecular weight is 484 g/mol. The van der Waals surface area contributed by atoms with Gasteiger partial charge in [0.2, 0.25) is 0 Å². The first kappa shape index (κ1) is 29.1. The van der Waals surface area contributed by atoms with Crippen LogP contribution in [0.3, 0.4) is 0 Å². The van der Waals surface area contributed by atoms with Gasteiger partial charge in [-0.25, -0.2) is 0 Å². The topological polar surface area (TPSA) is 112 Å². The summed E-state index contributed by atoms with van der Waals surface area (Å²) in [6.45, 7) is 8.83. The summed E-state index contributed by atoms with van der Waals surface area (Å²) in [5, 5.41) is 21.6. The fraction of sp³-hybridized carbons (Fsp3) is 0.926. The monoisotopic (exact) mass is 483 g/mol. The van der Waals surface area contributed by atoms with Crippen molar-refractivity contribution < 1.29 is 34.0 Å². The van der Waals surface area contributed by atoms with Gasteiger partial charge >= 0.3 is 5.97 Å². The van der Waals surface area contributed by atoms with Crippen molar-refractivity contribution in [2.45, 2.75) is 141 Å². The number of hydrogen-bond acceptors (Lipinski definition) is 7. The van der Waals surface area contributed by atoms with Crippen molar-refractivity contribution in [1.82, 2.24) is 0 Å². The van der Waals surface area contributed by atoms with Crippen LogP contribution in [-0.2, 0) is 23.8 Å². The summed E-state index contributed by atoms with van der Waals surface area (Å²) in [5.41, 5.74) is -1.95. The molecule has 7 nitrogen and oxygen atoms in total. The van der Waals surface area contributed by atoms with E-state index in [0.29, 0.717) is 38.7 Å². The molecule has 0 amide bonds. The Morgan fingerprint density at radius 1 is 0.912 bits per heavy atom. The summed E-state index contributed by atoms with van der Waals surface area (Å²) in [4.78, 5) is 25.0. The van der Waals surface area contributed by atoms with E-state index in [2.05, 4.69) is 27.7 Å². The molecule has 4 unspecified atom stereocenters. The fourth-order valence-electron chi connectivity index (χ4n) is 5.70. The first-order valence-corrected chi connectivity index (χ1v) is 13.6. The van der Waals surface area contributed by atoms with E-state index >= 15 is 0 Å². The van der Waals surface area contributed by atoms with Crippen LogP contribution in [0.2, 0.25) is 0 Å². The van der Waals surface area contributed by atoms with Gasteiger partial charge < -0.3 is 29.2 Å². The quantitative estimate of drug-likeness (QED) is 0.158. The molecule has 0 radical (unpaired) electrons. The lowest BCUT2D eigenvalue weighted by molar-refractivity contribution is -0.322. The van der Waals surface area contributed by atoms with E-state index in [1.54, 1.807) is 0 Å². The van der Waals surface area contributed by atoms with Crippen molar-refractivity contribution in [2.24, 2.45) is 5.41 Å². The predicted octanol–water partition coefficient (Wildman–Crippen LogP) is 4.07. The minimum Gasteiger partial charge on any atom is -0.550 e. The van der Waals surface area contributed by atoms with Gasteiger partial charge in [0.25, 0.3) is 0 Å². The molecule has 0 aromatic rings. The summed E-state index contributed by atoms with van der Waals surface area (Å²) >= 11 is 0. The molecule has 2 heterocycles. The van der Waals surface area contributed by atoms with Crippen LogP contribution in [0.1, 0.15) is 118 Å². The molecule has 2 saturated heterocycles. The molecule has 1 N–H and O–H groups in total. The maximum Gasteiger partial charge on any atom is 0.305 e. The molecule has 198 valence electrons. The molecule has 0 aromatic heterocycles. The van der Waals surface area contributed by atoms with Gasteiger partial charge in [-0.15, -0.1) is 0 Å². The van der Waals surface area contributed by atoms with Gasteiger partial charge in [-0.2, -0.15) is 0 Å². The molecule has 0 aromatic carbocycles. The van der Waals surface area contributed by atoms with Gasteiger partial charge in [-0.1, -0.05) is 40.5 Å². The number of rotatable bonds is 20. The summed E-state index contributed by atoms with van der Waals surface area (Å²) in [6, 6.07) is 0. The van der Waals surface area contributed by atoms with Gasteiger partial charge in [0.1, 0.15) is 0 Å². The minimum atomic E-state index is -1.10. The normalized spacial score (nSPS) is 29.4. The Labute approximate surface area is 205 Å². The molecule has 2 fully saturated rings. The van der Waals surface area contributed by atoms with Crippen molar-refractivity contribution in [2.75, 3.05) is 13.2 Å². The number of epoxide rings is 2. The fourth-order valence-corrected chi connectivity index (χ4v) is 5.70. The van der Waals surface area contributed by atoms with Gasteiger partial charge in [-0.3, -0.25) is 4.79 Å². The number of carboxylic acid groups (broad SMARTS) is 1. The first-order valence-electron chi connectivity index (χ1n) is 13.6. The number of aliphatic hydroxyl groups excluding tert-OH is 1. The SMILES string of the molecule is CCCC1OC1(CC)CC(CCCC(=O)OCCCCCO)(CC1(CC)OC1CCC)C(=O)[O-]. The second-order valence-corrected chi connectivity index (χ2v) is 10.4. The molecule has 4 atom stereocenters. The molecule has 0 aliphatic carbocycles. The van der Waals surface area contributed by atoms with Gasteiger partial charge in [0.05, 0.1) is 30.0 Å². The van der Waals surface area contributed by atoms with Crippen molar-refractivity contribution >= 4 is 11.9 Å². The Balaban J connectivity index is 2.08. The average Bonchev–Trinajstić information content (AvgIpc) is 3.69. The van der Waals surface area contributed by atoms with E-state index in [0.717, 1.165) is 51.4 Å². The maximum absolute atomic E-state index is 12.8.